The van der Waals surface area contributed by atoms with Gasteiger partial charge in [-0.05, 0) is 65.4 Å². The molecule has 1 saturated heterocycles. The van der Waals surface area contributed by atoms with Crippen LogP contribution < -0.4 is 26.9 Å². The zero-order valence-corrected chi connectivity index (χ0v) is 26.0. The zero-order valence-electron chi connectivity index (χ0n) is 26.0. The second-order valence-electron chi connectivity index (χ2n) is 11.7. The van der Waals surface area contributed by atoms with Crippen LogP contribution in [-0.4, -0.2) is 76.9 Å². The second kappa shape index (κ2) is 14.1. The summed E-state index contributed by atoms with van der Waals surface area (Å²) in [6.45, 7) is 1.83. The highest BCUT2D eigenvalue weighted by molar-refractivity contribution is 6.62. The Hall–Kier alpha value is -5.29. The molecule has 0 radical (unpaired) electrons. The first-order valence-electron chi connectivity index (χ1n) is 15.4. The molecule has 0 spiro atoms. The third-order valence-electron chi connectivity index (χ3n) is 8.34. The van der Waals surface area contributed by atoms with Crippen molar-refractivity contribution >= 4 is 60.7 Å². The van der Waals surface area contributed by atoms with Crippen LogP contribution in [0.25, 0.3) is 0 Å². The fourth-order valence-corrected chi connectivity index (χ4v) is 5.67. The van der Waals surface area contributed by atoms with Crippen LogP contribution >= 0.6 is 0 Å². The minimum Gasteiger partial charge on any atom is -0.467 e. The van der Waals surface area contributed by atoms with Crippen LogP contribution in [-0.2, 0) is 46.5 Å². The van der Waals surface area contributed by atoms with Crippen LogP contribution in [0, 0.1) is 0 Å². The fraction of sp³-hybridized carbons (Fsp3) is 0.290. The van der Waals surface area contributed by atoms with Crippen molar-refractivity contribution in [2.24, 2.45) is 0 Å². The molecule has 0 saturated carbocycles. The average molecular weight is 672 g/mol. The Morgan fingerprint density at radius 3 is 1.98 bits per heavy atom. The summed E-state index contributed by atoms with van der Waals surface area (Å²) < 4.78 is 15.8. The first-order valence-corrected chi connectivity index (χ1v) is 15.4. The first kappa shape index (κ1) is 33.6. The zero-order chi connectivity index (χ0) is 34.8. The van der Waals surface area contributed by atoms with Gasteiger partial charge in [-0.1, -0.05) is 12.1 Å². The Morgan fingerprint density at radius 1 is 0.857 bits per heavy atom. The molecule has 16 nitrogen and oxygen atoms in total. The number of furan rings is 1. The van der Waals surface area contributed by atoms with Gasteiger partial charge in [-0.15, -0.1) is 5.06 Å². The predicted octanol–water partition coefficient (Wildman–Crippen LogP) is -1.51. The molecule has 18 heteroatoms. The fourth-order valence-electron chi connectivity index (χ4n) is 5.67. The molecule has 0 unspecified atom stereocenters. The normalized spacial score (nSPS) is 16.9. The first-order chi connectivity index (χ1) is 23.5. The lowest BCUT2D eigenvalue weighted by Crippen LogP contribution is -2.58. The number of hydrogen-bond donors (Lipinski definition) is 5. The van der Waals surface area contributed by atoms with E-state index >= 15 is 0 Å². The summed E-state index contributed by atoms with van der Waals surface area (Å²) in [6.07, 6.45) is 0.525. The lowest BCUT2D eigenvalue weighted by Gasteiger charge is -2.27. The summed E-state index contributed by atoms with van der Waals surface area (Å²) in [5, 5.41) is 28.6. The molecule has 4 heterocycles. The van der Waals surface area contributed by atoms with Crippen molar-refractivity contribution in [3.05, 3.63) is 82.8 Å². The molecule has 3 aliphatic rings. The Kier molecular flexibility index (Phi) is 9.64. The van der Waals surface area contributed by atoms with Crippen LogP contribution in [0.2, 0.25) is 0 Å². The quantitative estimate of drug-likeness (QED) is 0.116. The van der Waals surface area contributed by atoms with Gasteiger partial charge in [-0.2, -0.15) is 0 Å². The van der Waals surface area contributed by atoms with E-state index in [0.717, 1.165) is 0 Å². The number of carbonyl (C=O) groups excluding carboxylic acids is 6. The summed E-state index contributed by atoms with van der Waals surface area (Å²) in [4.78, 5) is 82.5. The number of fused-ring (bicyclic) bond motifs is 2. The topological polar surface area (TPSA) is 223 Å². The summed E-state index contributed by atoms with van der Waals surface area (Å²) in [6, 6.07) is 8.46. The van der Waals surface area contributed by atoms with Crippen molar-refractivity contribution < 1.29 is 57.4 Å². The molecule has 5 amide bonds. The van der Waals surface area contributed by atoms with E-state index in [0.29, 0.717) is 27.1 Å². The second-order valence-corrected chi connectivity index (χ2v) is 11.7. The van der Waals surface area contributed by atoms with E-state index in [-0.39, 0.29) is 42.9 Å². The van der Waals surface area contributed by atoms with Crippen molar-refractivity contribution in [2.75, 3.05) is 0 Å². The van der Waals surface area contributed by atoms with Gasteiger partial charge in [0, 0.05) is 24.0 Å². The van der Waals surface area contributed by atoms with Crippen LogP contribution in [0.15, 0.2) is 59.2 Å². The molecule has 3 aromatic rings. The van der Waals surface area contributed by atoms with Crippen molar-refractivity contribution in [2.45, 2.75) is 57.5 Å². The van der Waals surface area contributed by atoms with E-state index in [1.165, 1.54) is 49.6 Å². The lowest BCUT2D eigenvalue weighted by atomic mass is 9.78. The number of hydrogen-bond acceptors (Lipinski definition) is 12. The minimum atomic E-state index is -1.45. The number of nitrogens with one attached hydrogen (secondary N) is 3. The van der Waals surface area contributed by atoms with E-state index < -0.39 is 74.3 Å². The van der Waals surface area contributed by atoms with E-state index in [1.807, 2.05) is 0 Å². The van der Waals surface area contributed by atoms with Crippen molar-refractivity contribution in [3.8, 4) is 0 Å². The SMILES string of the molecule is C[C@H](NC(=O)c1ccc2c(c1)B(O)OC2)[C@H](NC(=O)c1ccc2c(c1)B(O)OC2)C(=O)N[C@@H](CC(=O)ON1C(=O)CCC1=O)c1ccco1. The van der Waals surface area contributed by atoms with Gasteiger partial charge in [-0.3, -0.25) is 24.0 Å². The summed E-state index contributed by atoms with van der Waals surface area (Å²) in [7, 11) is -2.42. The molecule has 6 rings (SSSR count). The molecule has 252 valence electrons. The monoisotopic (exact) mass is 672 g/mol. The summed E-state index contributed by atoms with van der Waals surface area (Å²) >= 11 is 0. The van der Waals surface area contributed by atoms with Crippen molar-refractivity contribution in [1.29, 1.82) is 0 Å². The predicted molar refractivity (Wildman–Crippen MR) is 167 cm³/mol. The van der Waals surface area contributed by atoms with Gasteiger partial charge >= 0.3 is 20.2 Å². The maximum atomic E-state index is 13.9. The summed E-state index contributed by atoms with van der Waals surface area (Å²) in [5.41, 5.74) is 2.48. The van der Waals surface area contributed by atoms with Gasteiger partial charge in [0.25, 0.3) is 23.6 Å². The number of nitrogens with zero attached hydrogens (tertiary/aromatic N) is 1. The van der Waals surface area contributed by atoms with E-state index in [1.54, 1.807) is 12.1 Å². The number of hydroxylamine groups is 2. The molecule has 0 aliphatic carbocycles. The average Bonchev–Trinajstić information content (AvgIpc) is 3.89. The van der Waals surface area contributed by atoms with E-state index in [9.17, 15) is 38.8 Å². The molecule has 1 aromatic heterocycles. The standard InChI is InChI=1S/C31H30B2N4O12/c1-16(34-29(41)17-4-6-19-14-47-32(44)21(19)11-17)28(36-30(42)18-5-7-20-15-48-33(45)22(20)12-18)31(43)35-23(24-3-2-10-46-24)13-27(40)49-37-25(38)8-9-26(37)39/h2-7,10-12,16,23,28,44-45H,8-9,13-15H2,1H3,(H,34,41)(H,35,43)(H,36,42)/t16-,23-,28-/m0/s1. The molecule has 3 atom stereocenters. The van der Waals surface area contributed by atoms with Gasteiger partial charge in [0.1, 0.15) is 11.8 Å². The molecule has 3 aliphatic heterocycles. The number of imide groups is 1. The smallest absolute Gasteiger partial charge is 0.467 e. The third kappa shape index (κ3) is 7.26. The lowest BCUT2D eigenvalue weighted by molar-refractivity contribution is -0.198. The van der Waals surface area contributed by atoms with Crippen molar-refractivity contribution in [3.63, 3.8) is 0 Å². The maximum absolute atomic E-state index is 13.9. The molecule has 1 fully saturated rings. The molecule has 49 heavy (non-hydrogen) atoms. The molecular weight excluding hydrogens is 642 g/mol. The highest BCUT2D eigenvalue weighted by Crippen LogP contribution is 2.21. The Bertz CT molecular complexity index is 1800. The van der Waals surface area contributed by atoms with Gasteiger partial charge < -0.3 is 44.6 Å². The van der Waals surface area contributed by atoms with Crippen LogP contribution in [0.1, 0.15) is 69.8 Å². The van der Waals surface area contributed by atoms with Gasteiger partial charge in [-0.25, -0.2) is 4.79 Å². The number of benzene rings is 2. The largest absolute Gasteiger partial charge is 0.491 e. The van der Waals surface area contributed by atoms with Gasteiger partial charge in [0.2, 0.25) is 5.91 Å². The number of carbonyl (C=O) groups is 6. The van der Waals surface area contributed by atoms with Crippen molar-refractivity contribution in [1.82, 2.24) is 21.0 Å². The summed E-state index contributed by atoms with van der Waals surface area (Å²) in [5.74, 6) is -4.44. The molecular formula is C31H30B2N4O12. The Labute approximate surface area is 279 Å². The number of rotatable bonds is 11. The van der Waals surface area contributed by atoms with E-state index in [2.05, 4.69) is 16.0 Å². The third-order valence-corrected chi connectivity index (χ3v) is 8.34. The molecule has 5 N–H and O–H groups in total. The Balaban J connectivity index is 1.23. The van der Waals surface area contributed by atoms with Gasteiger partial charge in [0.05, 0.1) is 38.0 Å². The maximum Gasteiger partial charge on any atom is 0.491 e. The van der Waals surface area contributed by atoms with Crippen LogP contribution in [0.5, 0.6) is 0 Å². The van der Waals surface area contributed by atoms with E-state index in [4.69, 9.17) is 18.6 Å². The highest BCUT2D eigenvalue weighted by Gasteiger charge is 2.36. The van der Waals surface area contributed by atoms with Crippen LogP contribution in [0.3, 0.4) is 0 Å². The molecule has 0 bridgehead atoms. The van der Waals surface area contributed by atoms with Crippen LogP contribution in [0.4, 0.5) is 0 Å². The molecule has 2 aromatic carbocycles. The highest BCUT2D eigenvalue weighted by atomic mass is 16.7. The number of amides is 5. The minimum absolute atomic E-state index is 0.0957. The van der Waals surface area contributed by atoms with Gasteiger partial charge in [0.15, 0.2) is 0 Å². The Morgan fingerprint density at radius 2 is 1.43 bits per heavy atom.